The number of thioether (sulfide) groups is 1. The number of ether oxygens (including phenoxy) is 1. The van der Waals surface area contributed by atoms with Gasteiger partial charge in [0.25, 0.3) is 11.8 Å². The molecule has 1 heterocycles. The molecule has 5 heteroatoms. The molecule has 0 atom stereocenters. The number of aryl methyl sites for hydroxylation is 3. The molecular formula is C23H25NO3S. The van der Waals surface area contributed by atoms with Gasteiger partial charge < -0.3 is 4.74 Å². The highest BCUT2D eigenvalue weighted by atomic mass is 32.2. The van der Waals surface area contributed by atoms with Crippen molar-refractivity contribution in [2.24, 2.45) is 0 Å². The molecule has 0 saturated heterocycles. The topological polar surface area (TPSA) is 46.6 Å². The Morgan fingerprint density at radius 3 is 2.25 bits per heavy atom. The predicted molar refractivity (Wildman–Crippen MR) is 116 cm³/mol. The van der Waals surface area contributed by atoms with E-state index in [4.69, 9.17) is 4.74 Å². The first-order chi connectivity index (χ1) is 13.2. The van der Waals surface area contributed by atoms with Gasteiger partial charge in [0, 0.05) is 5.25 Å². The van der Waals surface area contributed by atoms with Crippen LogP contribution < -0.4 is 9.64 Å². The first kappa shape index (κ1) is 20.2. The van der Waals surface area contributed by atoms with Crippen molar-refractivity contribution >= 4 is 34.8 Å². The summed E-state index contributed by atoms with van der Waals surface area (Å²) in [4.78, 5) is 28.5. The molecular weight excluding hydrogens is 370 g/mol. The maximum atomic E-state index is 13.5. The minimum Gasteiger partial charge on any atom is -0.495 e. The quantitative estimate of drug-likeness (QED) is 0.665. The van der Waals surface area contributed by atoms with Crippen LogP contribution in [-0.2, 0) is 9.59 Å². The van der Waals surface area contributed by atoms with Gasteiger partial charge in [0.1, 0.15) is 5.75 Å². The summed E-state index contributed by atoms with van der Waals surface area (Å²) in [5, 5.41) is 0.174. The Morgan fingerprint density at radius 2 is 1.64 bits per heavy atom. The van der Waals surface area contributed by atoms with Crippen molar-refractivity contribution in [3.8, 4) is 5.75 Å². The number of amides is 2. The van der Waals surface area contributed by atoms with Crippen LogP contribution in [0, 0.1) is 20.8 Å². The lowest BCUT2D eigenvalue weighted by Crippen LogP contribution is -2.31. The van der Waals surface area contributed by atoms with Gasteiger partial charge in [0.15, 0.2) is 0 Å². The molecule has 0 radical (unpaired) electrons. The molecule has 146 valence electrons. The Morgan fingerprint density at radius 1 is 0.929 bits per heavy atom. The zero-order chi connectivity index (χ0) is 20.6. The molecule has 2 aromatic carbocycles. The van der Waals surface area contributed by atoms with E-state index < -0.39 is 0 Å². The summed E-state index contributed by atoms with van der Waals surface area (Å²) < 4.78 is 5.43. The van der Waals surface area contributed by atoms with Crippen molar-refractivity contribution in [1.82, 2.24) is 0 Å². The van der Waals surface area contributed by atoms with Crippen LogP contribution in [0.4, 0.5) is 5.69 Å². The molecule has 0 bridgehead atoms. The van der Waals surface area contributed by atoms with Crippen molar-refractivity contribution in [2.45, 2.75) is 39.9 Å². The van der Waals surface area contributed by atoms with Crippen LogP contribution in [0.2, 0.25) is 0 Å². The Balaban J connectivity index is 2.17. The Labute approximate surface area is 170 Å². The molecule has 2 aromatic rings. The van der Waals surface area contributed by atoms with E-state index >= 15 is 0 Å². The molecule has 3 rings (SSSR count). The number of rotatable bonds is 5. The SMILES string of the molecule is COc1ccc(C)cc1N1C(=O)C(SC(C)C)=C(c2ccc(C)c(C)c2)C1=O. The Kier molecular flexibility index (Phi) is 5.66. The van der Waals surface area contributed by atoms with Crippen LogP contribution in [-0.4, -0.2) is 24.2 Å². The maximum absolute atomic E-state index is 13.5. The normalized spacial score (nSPS) is 14.5. The van der Waals surface area contributed by atoms with Gasteiger partial charge in [-0.15, -0.1) is 11.8 Å². The molecule has 0 fully saturated rings. The molecule has 0 spiro atoms. The molecule has 2 amide bonds. The first-order valence-corrected chi connectivity index (χ1v) is 10.1. The number of imide groups is 1. The van der Waals surface area contributed by atoms with E-state index in [0.29, 0.717) is 21.9 Å². The number of nitrogens with zero attached hydrogens (tertiary/aromatic N) is 1. The highest BCUT2D eigenvalue weighted by Gasteiger charge is 2.41. The van der Waals surface area contributed by atoms with Crippen LogP contribution in [0.25, 0.3) is 5.57 Å². The van der Waals surface area contributed by atoms with E-state index in [1.165, 1.54) is 16.7 Å². The maximum Gasteiger partial charge on any atom is 0.272 e. The minimum atomic E-state index is -0.305. The van der Waals surface area contributed by atoms with Gasteiger partial charge >= 0.3 is 0 Å². The van der Waals surface area contributed by atoms with Crippen molar-refractivity contribution < 1.29 is 14.3 Å². The van der Waals surface area contributed by atoms with Gasteiger partial charge in [-0.2, -0.15) is 0 Å². The fraction of sp³-hybridized carbons (Fsp3) is 0.304. The number of hydrogen-bond donors (Lipinski definition) is 0. The van der Waals surface area contributed by atoms with Crippen LogP contribution >= 0.6 is 11.8 Å². The summed E-state index contributed by atoms with van der Waals surface area (Å²) in [6.45, 7) is 10.0. The van der Waals surface area contributed by atoms with Crippen LogP contribution in [0.1, 0.15) is 36.1 Å². The highest BCUT2D eigenvalue weighted by molar-refractivity contribution is 8.04. The summed E-state index contributed by atoms with van der Waals surface area (Å²) in [5.41, 5.74) is 4.92. The van der Waals surface area contributed by atoms with Crippen molar-refractivity contribution in [1.29, 1.82) is 0 Å². The molecule has 0 N–H and O–H groups in total. The molecule has 4 nitrogen and oxygen atoms in total. The van der Waals surface area contributed by atoms with Crippen LogP contribution in [0.3, 0.4) is 0 Å². The third-order valence-electron chi connectivity index (χ3n) is 4.77. The van der Waals surface area contributed by atoms with Gasteiger partial charge in [-0.25, -0.2) is 4.90 Å². The minimum absolute atomic E-state index is 0.174. The molecule has 1 aliphatic heterocycles. The van der Waals surface area contributed by atoms with Crippen LogP contribution in [0.5, 0.6) is 5.75 Å². The average Bonchev–Trinajstić information content (AvgIpc) is 2.87. The summed E-state index contributed by atoms with van der Waals surface area (Å²) >= 11 is 1.43. The van der Waals surface area contributed by atoms with E-state index in [1.54, 1.807) is 13.2 Å². The molecule has 0 aliphatic carbocycles. The Hall–Kier alpha value is -2.53. The zero-order valence-corrected chi connectivity index (χ0v) is 17.9. The zero-order valence-electron chi connectivity index (χ0n) is 17.1. The fourth-order valence-electron chi connectivity index (χ4n) is 3.20. The van der Waals surface area contributed by atoms with Gasteiger partial charge in [-0.1, -0.05) is 38.1 Å². The molecule has 0 saturated carbocycles. The second-order valence-corrected chi connectivity index (χ2v) is 8.88. The van der Waals surface area contributed by atoms with Gasteiger partial charge in [0.2, 0.25) is 0 Å². The van der Waals surface area contributed by atoms with Crippen molar-refractivity contribution in [2.75, 3.05) is 12.0 Å². The lowest BCUT2D eigenvalue weighted by atomic mass is 10.0. The third-order valence-corrected chi connectivity index (χ3v) is 5.85. The second-order valence-electron chi connectivity index (χ2n) is 7.29. The van der Waals surface area contributed by atoms with Crippen molar-refractivity contribution in [3.63, 3.8) is 0 Å². The van der Waals surface area contributed by atoms with Crippen LogP contribution in [0.15, 0.2) is 41.3 Å². The number of anilines is 1. The van der Waals surface area contributed by atoms with Gasteiger partial charge in [-0.05, 0) is 55.2 Å². The second kappa shape index (κ2) is 7.84. The van der Waals surface area contributed by atoms with Gasteiger partial charge in [0.05, 0.1) is 23.3 Å². The number of benzene rings is 2. The molecule has 1 aliphatic rings. The summed E-state index contributed by atoms with van der Waals surface area (Å²) in [5.74, 6) is -0.0938. The molecule has 0 aromatic heterocycles. The predicted octanol–water partition coefficient (Wildman–Crippen LogP) is 5.05. The standard InChI is InChI=1S/C23H25NO3S/c1-13(2)28-21-20(17-9-8-15(4)16(5)12-17)22(25)24(23(21)26)18-11-14(3)7-10-19(18)27-6/h7-13H,1-6H3. The first-order valence-electron chi connectivity index (χ1n) is 9.26. The van der Waals surface area contributed by atoms with E-state index in [-0.39, 0.29) is 17.1 Å². The number of carbonyl (C=O) groups is 2. The molecule has 28 heavy (non-hydrogen) atoms. The van der Waals surface area contributed by atoms with E-state index in [1.807, 2.05) is 65.0 Å². The number of methoxy groups -OCH3 is 1. The van der Waals surface area contributed by atoms with E-state index in [0.717, 1.165) is 22.3 Å². The Bertz CT molecular complexity index is 991. The average molecular weight is 396 g/mol. The monoisotopic (exact) mass is 395 g/mol. The smallest absolute Gasteiger partial charge is 0.272 e. The lowest BCUT2D eigenvalue weighted by molar-refractivity contribution is -0.119. The number of hydrogen-bond acceptors (Lipinski definition) is 4. The lowest BCUT2D eigenvalue weighted by Gasteiger charge is -2.19. The van der Waals surface area contributed by atoms with E-state index in [9.17, 15) is 9.59 Å². The summed E-state index contributed by atoms with van der Waals surface area (Å²) in [6, 6.07) is 11.4. The third kappa shape index (κ3) is 3.59. The summed E-state index contributed by atoms with van der Waals surface area (Å²) in [6.07, 6.45) is 0. The van der Waals surface area contributed by atoms with E-state index in [2.05, 4.69) is 0 Å². The highest BCUT2D eigenvalue weighted by Crippen LogP contribution is 2.42. The van der Waals surface area contributed by atoms with Crippen molar-refractivity contribution in [3.05, 3.63) is 63.6 Å². The largest absolute Gasteiger partial charge is 0.495 e. The number of carbonyl (C=O) groups excluding carboxylic acids is 2. The molecule has 0 unspecified atom stereocenters. The fourth-order valence-corrected chi connectivity index (χ4v) is 4.19. The van der Waals surface area contributed by atoms with Gasteiger partial charge in [-0.3, -0.25) is 9.59 Å². The summed E-state index contributed by atoms with van der Waals surface area (Å²) in [7, 11) is 1.54.